The summed E-state index contributed by atoms with van der Waals surface area (Å²) in [5.74, 6) is 0. The fourth-order valence-electron chi connectivity index (χ4n) is 1.50. The van der Waals surface area contributed by atoms with Gasteiger partial charge in [0.15, 0.2) is 0 Å². The minimum absolute atomic E-state index is 1.09. The third-order valence-electron chi connectivity index (χ3n) is 2.31. The van der Waals surface area contributed by atoms with Crippen LogP contribution < -0.4 is 0 Å². The van der Waals surface area contributed by atoms with Crippen LogP contribution in [0.25, 0.3) is 0 Å². The molecule has 0 N–H and O–H groups in total. The molecule has 0 amide bonds. The van der Waals surface area contributed by atoms with Gasteiger partial charge in [-0.2, -0.15) is 6.42 Å². The maximum Gasteiger partial charge on any atom is -0.0279 e. The molecular formula is C13H19-. The molecule has 0 aliphatic heterocycles. The maximum absolute atomic E-state index is 3.84. The first-order valence-electron chi connectivity index (χ1n) is 5.26. The number of rotatable bonds is 6. The van der Waals surface area contributed by atoms with Crippen molar-refractivity contribution in [1.29, 1.82) is 0 Å². The summed E-state index contributed by atoms with van der Waals surface area (Å²) in [5, 5.41) is 0. The summed E-state index contributed by atoms with van der Waals surface area (Å²) in [6.45, 7) is 3.84. The smallest absolute Gasteiger partial charge is 0.0279 e. The van der Waals surface area contributed by atoms with Crippen molar-refractivity contribution in [3.8, 4) is 0 Å². The van der Waals surface area contributed by atoms with Crippen molar-refractivity contribution >= 4 is 0 Å². The summed E-state index contributed by atoms with van der Waals surface area (Å²) in [7, 11) is 0. The van der Waals surface area contributed by atoms with Crippen molar-refractivity contribution in [3.63, 3.8) is 0 Å². The first kappa shape index (κ1) is 10.3. The molecule has 0 saturated heterocycles. The summed E-state index contributed by atoms with van der Waals surface area (Å²) in [6.07, 6.45) is 7.63. The standard InChI is InChI=1S/C13H19/c1-2-3-4-5-7-10-13-11-8-6-9-12-13/h6,8-9,11-12H,1-5,7,10H2/q-1. The van der Waals surface area contributed by atoms with Crippen LogP contribution in [0, 0.1) is 6.92 Å². The number of hydrogen-bond donors (Lipinski definition) is 0. The molecule has 0 unspecified atom stereocenters. The van der Waals surface area contributed by atoms with Crippen molar-refractivity contribution in [2.45, 2.75) is 38.5 Å². The van der Waals surface area contributed by atoms with Gasteiger partial charge in [-0.1, -0.05) is 49.6 Å². The van der Waals surface area contributed by atoms with Crippen LogP contribution in [0.4, 0.5) is 0 Å². The zero-order valence-electron chi connectivity index (χ0n) is 8.34. The van der Waals surface area contributed by atoms with Crippen LogP contribution in [-0.2, 0) is 6.42 Å². The van der Waals surface area contributed by atoms with Gasteiger partial charge < -0.3 is 6.92 Å². The van der Waals surface area contributed by atoms with E-state index >= 15 is 0 Å². The molecule has 0 radical (unpaired) electrons. The van der Waals surface area contributed by atoms with Gasteiger partial charge in [0.1, 0.15) is 0 Å². The van der Waals surface area contributed by atoms with E-state index in [1.54, 1.807) is 0 Å². The fourth-order valence-corrected chi connectivity index (χ4v) is 1.50. The van der Waals surface area contributed by atoms with E-state index in [2.05, 4.69) is 37.3 Å². The van der Waals surface area contributed by atoms with Gasteiger partial charge in [-0.05, 0) is 18.4 Å². The van der Waals surface area contributed by atoms with Crippen molar-refractivity contribution in [1.82, 2.24) is 0 Å². The fraction of sp³-hybridized carbons (Fsp3) is 0.462. The van der Waals surface area contributed by atoms with E-state index in [1.807, 2.05) is 0 Å². The maximum atomic E-state index is 3.84. The number of hydrogen-bond acceptors (Lipinski definition) is 0. The van der Waals surface area contributed by atoms with Crippen molar-refractivity contribution in [2.75, 3.05) is 0 Å². The average molecular weight is 175 g/mol. The van der Waals surface area contributed by atoms with Crippen LogP contribution in [0.2, 0.25) is 0 Å². The molecule has 0 heteroatoms. The Hall–Kier alpha value is -0.780. The second kappa shape index (κ2) is 6.71. The van der Waals surface area contributed by atoms with Gasteiger partial charge in [0, 0.05) is 0 Å². The van der Waals surface area contributed by atoms with E-state index in [0.29, 0.717) is 0 Å². The molecule has 0 aliphatic rings. The summed E-state index contributed by atoms with van der Waals surface area (Å²) < 4.78 is 0. The van der Waals surface area contributed by atoms with Crippen LogP contribution in [0.3, 0.4) is 0 Å². The van der Waals surface area contributed by atoms with Gasteiger partial charge in [-0.3, -0.25) is 0 Å². The monoisotopic (exact) mass is 175 g/mol. The van der Waals surface area contributed by atoms with Crippen molar-refractivity contribution in [2.24, 2.45) is 0 Å². The SMILES string of the molecule is [CH2-]CCCCCCc1ccccc1. The Morgan fingerprint density at radius 1 is 0.846 bits per heavy atom. The normalized spacial score (nSPS) is 10.2. The second-order valence-electron chi connectivity index (χ2n) is 3.50. The molecule has 1 aromatic rings. The van der Waals surface area contributed by atoms with Gasteiger partial charge in [0.2, 0.25) is 0 Å². The molecule has 1 aromatic carbocycles. The van der Waals surface area contributed by atoms with Gasteiger partial charge in [-0.15, -0.1) is 0 Å². The summed E-state index contributed by atoms with van der Waals surface area (Å²) in [6, 6.07) is 10.7. The summed E-state index contributed by atoms with van der Waals surface area (Å²) in [4.78, 5) is 0. The Bertz CT molecular complexity index is 201. The molecule has 0 aliphatic carbocycles. The van der Waals surface area contributed by atoms with Crippen molar-refractivity contribution < 1.29 is 0 Å². The molecule has 0 aromatic heterocycles. The van der Waals surface area contributed by atoms with E-state index in [4.69, 9.17) is 0 Å². The van der Waals surface area contributed by atoms with E-state index in [1.165, 1.54) is 37.7 Å². The van der Waals surface area contributed by atoms with Crippen LogP contribution in [-0.4, -0.2) is 0 Å². The molecule has 13 heavy (non-hydrogen) atoms. The van der Waals surface area contributed by atoms with Gasteiger partial charge in [-0.25, -0.2) is 0 Å². The Morgan fingerprint density at radius 2 is 1.54 bits per heavy atom. The molecule has 0 bridgehead atoms. The Morgan fingerprint density at radius 3 is 2.23 bits per heavy atom. The highest BCUT2D eigenvalue weighted by molar-refractivity contribution is 5.14. The molecular weight excluding hydrogens is 156 g/mol. The Labute approximate surface area is 82.0 Å². The van der Waals surface area contributed by atoms with E-state index in [-0.39, 0.29) is 0 Å². The highest BCUT2D eigenvalue weighted by Gasteiger charge is 1.90. The largest absolute Gasteiger partial charge is 0.343 e. The minimum Gasteiger partial charge on any atom is -0.343 e. The Kier molecular flexibility index (Phi) is 5.31. The average Bonchev–Trinajstić information content (AvgIpc) is 2.19. The summed E-state index contributed by atoms with van der Waals surface area (Å²) >= 11 is 0. The molecule has 0 nitrogen and oxygen atoms in total. The zero-order chi connectivity index (χ0) is 9.36. The molecule has 0 heterocycles. The van der Waals surface area contributed by atoms with Gasteiger partial charge >= 0.3 is 0 Å². The summed E-state index contributed by atoms with van der Waals surface area (Å²) in [5.41, 5.74) is 1.47. The highest BCUT2D eigenvalue weighted by atomic mass is 14.0. The van der Waals surface area contributed by atoms with E-state index < -0.39 is 0 Å². The highest BCUT2D eigenvalue weighted by Crippen LogP contribution is 2.08. The zero-order valence-corrected chi connectivity index (χ0v) is 8.34. The van der Waals surface area contributed by atoms with Gasteiger partial charge in [0.05, 0.1) is 0 Å². The topological polar surface area (TPSA) is 0 Å². The lowest BCUT2D eigenvalue weighted by Crippen LogP contribution is -1.84. The van der Waals surface area contributed by atoms with Crippen LogP contribution in [0.15, 0.2) is 30.3 Å². The predicted molar refractivity (Wildman–Crippen MR) is 58.6 cm³/mol. The van der Waals surface area contributed by atoms with Crippen LogP contribution >= 0.6 is 0 Å². The Balaban J connectivity index is 2.07. The van der Waals surface area contributed by atoms with E-state index in [9.17, 15) is 0 Å². The molecule has 0 atom stereocenters. The second-order valence-corrected chi connectivity index (χ2v) is 3.50. The van der Waals surface area contributed by atoms with Crippen LogP contribution in [0.1, 0.15) is 37.7 Å². The van der Waals surface area contributed by atoms with E-state index in [0.717, 1.165) is 6.42 Å². The van der Waals surface area contributed by atoms with Crippen molar-refractivity contribution in [3.05, 3.63) is 42.8 Å². The molecule has 1 rings (SSSR count). The minimum atomic E-state index is 1.09. The third-order valence-corrected chi connectivity index (χ3v) is 2.31. The first-order valence-corrected chi connectivity index (χ1v) is 5.26. The molecule has 0 spiro atoms. The number of benzene rings is 1. The predicted octanol–water partition coefficient (Wildman–Crippen LogP) is 4.01. The number of unbranched alkanes of at least 4 members (excludes halogenated alkanes) is 4. The lowest BCUT2D eigenvalue weighted by Gasteiger charge is -2.01. The lowest BCUT2D eigenvalue weighted by atomic mass is 10.1. The molecule has 0 saturated carbocycles. The molecule has 72 valence electrons. The number of aryl methyl sites for hydroxylation is 1. The first-order chi connectivity index (χ1) is 6.43. The van der Waals surface area contributed by atoms with Crippen LogP contribution in [0.5, 0.6) is 0 Å². The van der Waals surface area contributed by atoms with Gasteiger partial charge in [0.25, 0.3) is 0 Å². The molecule has 0 fully saturated rings. The third kappa shape index (κ3) is 4.72. The quantitative estimate of drug-likeness (QED) is 0.452. The lowest BCUT2D eigenvalue weighted by molar-refractivity contribution is 0.645.